The van der Waals surface area contributed by atoms with Crippen molar-refractivity contribution in [2.75, 3.05) is 30.6 Å². The van der Waals surface area contributed by atoms with E-state index in [9.17, 15) is 8.42 Å². The van der Waals surface area contributed by atoms with Gasteiger partial charge in [-0.15, -0.1) is 0 Å². The molecule has 0 atom stereocenters. The first-order chi connectivity index (χ1) is 12.9. The molecule has 1 fully saturated rings. The fraction of sp³-hybridized carbons (Fsp3) is 0.429. The summed E-state index contributed by atoms with van der Waals surface area (Å²) in [6.45, 7) is 3.13. The molecule has 0 aromatic heterocycles. The van der Waals surface area contributed by atoms with Gasteiger partial charge in [-0.3, -0.25) is 4.72 Å². The summed E-state index contributed by atoms with van der Waals surface area (Å²) in [6, 6.07) is 16.0. The van der Waals surface area contributed by atoms with E-state index >= 15 is 0 Å². The first-order valence-electron chi connectivity index (χ1n) is 9.47. The molecule has 2 aliphatic heterocycles. The number of likely N-dealkylation sites (tertiary alicyclic amines) is 1. The number of anilines is 1. The van der Waals surface area contributed by atoms with Gasteiger partial charge in [-0.1, -0.05) is 30.3 Å². The van der Waals surface area contributed by atoms with E-state index in [0.29, 0.717) is 5.69 Å². The second-order valence-corrected chi connectivity index (χ2v) is 9.48. The zero-order valence-corrected chi connectivity index (χ0v) is 16.5. The Bertz CT molecular complexity index is 874. The Morgan fingerprint density at radius 1 is 1.07 bits per heavy atom. The molecule has 1 saturated heterocycles. The first kappa shape index (κ1) is 18.3. The summed E-state index contributed by atoms with van der Waals surface area (Å²) in [4.78, 5) is 2.50. The Balaban J connectivity index is 1.27. The van der Waals surface area contributed by atoms with E-state index in [2.05, 4.69) is 27.8 Å². The van der Waals surface area contributed by atoms with Crippen LogP contribution >= 0.6 is 0 Å². The Morgan fingerprint density at radius 2 is 1.78 bits per heavy atom. The summed E-state index contributed by atoms with van der Waals surface area (Å²) in [6.07, 6.45) is 5.30. The molecule has 27 heavy (non-hydrogen) atoms. The summed E-state index contributed by atoms with van der Waals surface area (Å²) in [5, 5.41) is 0. The molecule has 2 aliphatic rings. The molecule has 6 heteroatoms. The maximum atomic E-state index is 11.3. The van der Waals surface area contributed by atoms with Crippen molar-refractivity contribution in [1.82, 2.24) is 4.90 Å². The summed E-state index contributed by atoms with van der Waals surface area (Å²) in [5.74, 6) is 1.06. The molecule has 0 amide bonds. The standard InChI is InChI=1S/C21H26N2O3S/c1-27(24,25)22-19-8-6-17(7-9-19)10-13-23-14-11-21(12-15-23)16-18-4-2-3-5-20(18)26-21/h2-9,22H,10-16H2,1H3. The van der Waals surface area contributed by atoms with Crippen LogP contribution in [0.1, 0.15) is 24.0 Å². The van der Waals surface area contributed by atoms with Gasteiger partial charge in [-0.05, 0) is 35.7 Å². The molecule has 0 radical (unpaired) electrons. The van der Waals surface area contributed by atoms with Gasteiger partial charge in [0.2, 0.25) is 10.0 Å². The molecule has 2 aromatic rings. The van der Waals surface area contributed by atoms with Gasteiger partial charge in [-0.25, -0.2) is 8.42 Å². The van der Waals surface area contributed by atoms with E-state index in [0.717, 1.165) is 57.3 Å². The molecule has 4 rings (SSSR count). The van der Waals surface area contributed by atoms with E-state index in [4.69, 9.17) is 4.74 Å². The lowest BCUT2D eigenvalue weighted by Crippen LogP contribution is -2.47. The van der Waals surface area contributed by atoms with Crippen LogP contribution in [0, 0.1) is 0 Å². The van der Waals surface area contributed by atoms with Gasteiger partial charge < -0.3 is 9.64 Å². The number of hydrogen-bond acceptors (Lipinski definition) is 4. The number of benzene rings is 2. The minimum Gasteiger partial charge on any atom is -0.487 e. The fourth-order valence-electron chi connectivity index (χ4n) is 4.07. The van der Waals surface area contributed by atoms with E-state index < -0.39 is 10.0 Å². The maximum Gasteiger partial charge on any atom is 0.229 e. The number of piperidine rings is 1. The number of para-hydroxylation sites is 1. The van der Waals surface area contributed by atoms with Crippen molar-refractivity contribution in [2.24, 2.45) is 0 Å². The van der Waals surface area contributed by atoms with E-state index in [1.54, 1.807) is 0 Å². The summed E-state index contributed by atoms with van der Waals surface area (Å²) in [7, 11) is -3.22. The molecule has 0 aliphatic carbocycles. The van der Waals surface area contributed by atoms with Crippen molar-refractivity contribution in [3.63, 3.8) is 0 Å². The van der Waals surface area contributed by atoms with Crippen molar-refractivity contribution in [3.8, 4) is 5.75 Å². The molecule has 0 saturated carbocycles. The van der Waals surface area contributed by atoms with Crippen LogP contribution in [0.4, 0.5) is 5.69 Å². The number of ether oxygens (including phenoxy) is 1. The smallest absolute Gasteiger partial charge is 0.229 e. The number of nitrogens with one attached hydrogen (secondary N) is 1. The fourth-order valence-corrected chi connectivity index (χ4v) is 4.63. The second kappa shape index (κ2) is 7.17. The highest BCUT2D eigenvalue weighted by Crippen LogP contribution is 2.40. The number of sulfonamides is 1. The molecule has 1 spiro atoms. The quantitative estimate of drug-likeness (QED) is 0.858. The zero-order valence-electron chi connectivity index (χ0n) is 15.6. The highest BCUT2D eigenvalue weighted by atomic mass is 32.2. The lowest BCUT2D eigenvalue weighted by atomic mass is 9.87. The lowest BCUT2D eigenvalue weighted by molar-refractivity contribution is 0.0198. The molecule has 2 heterocycles. The van der Waals surface area contributed by atoms with Crippen molar-refractivity contribution in [1.29, 1.82) is 0 Å². The Labute approximate surface area is 161 Å². The number of nitrogens with zero attached hydrogens (tertiary/aromatic N) is 1. The van der Waals surface area contributed by atoms with E-state index in [-0.39, 0.29) is 5.60 Å². The predicted octanol–water partition coefficient (Wildman–Crippen LogP) is 3.07. The minimum atomic E-state index is -3.22. The van der Waals surface area contributed by atoms with Crippen molar-refractivity contribution >= 4 is 15.7 Å². The third-order valence-electron chi connectivity index (χ3n) is 5.55. The van der Waals surface area contributed by atoms with Crippen LogP contribution in [0.2, 0.25) is 0 Å². The first-order valence-corrected chi connectivity index (χ1v) is 11.4. The van der Waals surface area contributed by atoms with Gasteiger partial charge in [0.25, 0.3) is 0 Å². The van der Waals surface area contributed by atoms with E-state index in [1.807, 2.05) is 30.3 Å². The van der Waals surface area contributed by atoms with Crippen molar-refractivity contribution in [3.05, 3.63) is 59.7 Å². The van der Waals surface area contributed by atoms with Gasteiger partial charge >= 0.3 is 0 Å². The van der Waals surface area contributed by atoms with Gasteiger partial charge in [0.15, 0.2) is 0 Å². The van der Waals surface area contributed by atoms with Gasteiger partial charge in [0.05, 0.1) is 6.26 Å². The van der Waals surface area contributed by atoms with Crippen LogP contribution in [0.15, 0.2) is 48.5 Å². The van der Waals surface area contributed by atoms with Crippen LogP contribution in [-0.2, 0) is 22.9 Å². The van der Waals surface area contributed by atoms with Crippen LogP contribution < -0.4 is 9.46 Å². The summed E-state index contributed by atoms with van der Waals surface area (Å²) in [5.41, 5.74) is 3.17. The normalized spacial score (nSPS) is 18.9. The number of fused-ring (bicyclic) bond motifs is 1. The maximum absolute atomic E-state index is 11.3. The topological polar surface area (TPSA) is 58.6 Å². The third kappa shape index (κ3) is 4.45. The minimum absolute atomic E-state index is 0.000845. The number of hydrogen-bond donors (Lipinski definition) is 1. The lowest BCUT2D eigenvalue weighted by Gasteiger charge is -2.38. The van der Waals surface area contributed by atoms with Crippen LogP contribution in [-0.4, -0.2) is 44.8 Å². The van der Waals surface area contributed by atoms with Crippen molar-refractivity contribution < 1.29 is 13.2 Å². The van der Waals surface area contributed by atoms with Gasteiger partial charge in [-0.2, -0.15) is 0 Å². The van der Waals surface area contributed by atoms with Crippen LogP contribution in [0.3, 0.4) is 0 Å². The molecular formula is C21H26N2O3S. The molecule has 144 valence electrons. The summed E-state index contributed by atoms with van der Waals surface area (Å²) < 4.78 is 31.4. The van der Waals surface area contributed by atoms with Crippen molar-refractivity contribution in [2.45, 2.75) is 31.3 Å². The van der Waals surface area contributed by atoms with E-state index in [1.165, 1.54) is 11.1 Å². The van der Waals surface area contributed by atoms with Crippen LogP contribution in [0.25, 0.3) is 0 Å². The second-order valence-electron chi connectivity index (χ2n) is 7.73. The molecule has 2 aromatic carbocycles. The SMILES string of the molecule is CS(=O)(=O)Nc1ccc(CCN2CCC3(CC2)Cc2ccccc2O3)cc1. The Hall–Kier alpha value is -2.05. The monoisotopic (exact) mass is 386 g/mol. The Kier molecular flexibility index (Phi) is 4.86. The third-order valence-corrected chi connectivity index (χ3v) is 6.16. The summed E-state index contributed by atoms with van der Waals surface area (Å²) >= 11 is 0. The molecule has 1 N–H and O–H groups in total. The van der Waals surface area contributed by atoms with Gasteiger partial charge in [0, 0.05) is 44.6 Å². The zero-order chi connectivity index (χ0) is 18.9. The van der Waals surface area contributed by atoms with Crippen LogP contribution in [0.5, 0.6) is 5.75 Å². The average molecular weight is 387 g/mol. The molecular weight excluding hydrogens is 360 g/mol. The highest BCUT2D eigenvalue weighted by Gasteiger charge is 2.41. The molecule has 0 bridgehead atoms. The highest BCUT2D eigenvalue weighted by molar-refractivity contribution is 7.92. The average Bonchev–Trinajstić information content (AvgIpc) is 2.99. The largest absolute Gasteiger partial charge is 0.487 e. The van der Waals surface area contributed by atoms with Gasteiger partial charge in [0.1, 0.15) is 11.4 Å². The number of rotatable bonds is 5. The molecule has 5 nitrogen and oxygen atoms in total. The molecule has 0 unspecified atom stereocenters. The Morgan fingerprint density at radius 3 is 2.44 bits per heavy atom. The predicted molar refractivity (Wildman–Crippen MR) is 108 cm³/mol.